The molecule has 3 aromatic heterocycles. The second-order valence-electron chi connectivity index (χ2n) is 7.51. The van der Waals surface area contributed by atoms with Crippen molar-refractivity contribution in [1.82, 2.24) is 24.2 Å². The number of aromatic nitrogens is 4. The Kier molecular flexibility index (Phi) is 6.14. The van der Waals surface area contributed by atoms with E-state index >= 15 is 0 Å². The number of rotatable bonds is 7. The average Bonchev–Trinajstić information content (AvgIpc) is 3.04. The van der Waals surface area contributed by atoms with Crippen molar-refractivity contribution in [2.45, 2.75) is 33.1 Å². The van der Waals surface area contributed by atoms with Crippen LogP contribution < -0.4 is 0 Å². The van der Waals surface area contributed by atoms with E-state index in [1.54, 1.807) is 13.2 Å². The van der Waals surface area contributed by atoms with E-state index < -0.39 is 10.0 Å². The fraction of sp³-hybridized carbons (Fsp3) is 0.381. The van der Waals surface area contributed by atoms with Crippen molar-refractivity contribution in [3.8, 4) is 22.6 Å². The van der Waals surface area contributed by atoms with Gasteiger partial charge in [-0.25, -0.2) is 17.7 Å². The van der Waals surface area contributed by atoms with Crippen LogP contribution in [0.2, 0.25) is 0 Å². The van der Waals surface area contributed by atoms with Crippen molar-refractivity contribution >= 4 is 10.0 Å². The lowest BCUT2D eigenvalue weighted by Gasteiger charge is -2.18. The molecule has 0 radical (unpaired) electrons. The Morgan fingerprint density at radius 3 is 2.59 bits per heavy atom. The van der Waals surface area contributed by atoms with Gasteiger partial charge in [0.25, 0.3) is 0 Å². The first-order valence-electron chi connectivity index (χ1n) is 9.51. The topological polar surface area (TPSA) is 91.8 Å². The summed E-state index contributed by atoms with van der Waals surface area (Å²) in [5, 5.41) is 0. The standard InChI is InChI=1S/C21H27N5O2S/c1-14(7-9-26(4)29(5,27)28)18-10-19(13-22-12-18)17-6-8-23-20(11-17)21-24-15(2)16(3)25-21/h6,8,10-14H,7,9H2,1-5H3,(H,24,25). The molecule has 0 amide bonds. The largest absolute Gasteiger partial charge is 0.341 e. The predicted molar refractivity (Wildman–Crippen MR) is 115 cm³/mol. The molecule has 7 nitrogen and oxygen atoms in total. The van der Waals surface area contributed by atoms with Gasteiger partial charge in [0.2, 0.25) is 10.0 Å². The van der Waals surface area contributed by atoms with E-state index in [2.05, 4.69) is 32.9 Å². The molecule has 1 unspecified atom stereocenters. The van der Waals surface area contributed by atoms with E-state index in [-0.39, 0.29) is 5.92 Å². The zero-order valence-electron chi connectivity index (χ0n) is 17.5. The van der Waals surface area contributed by atoms with Gasteiger partial charge in [-0.1, -0.05) is 6.92 Å². The fourth-order valence-electron chi connectivity index (χ4n) is 3.00. The van der Waals surface area contributed by atoms with Gasteiger partial charge >= 0.3 is 0 Å². The maximum absolute atomic E-state index is 11.6. The lowest BCUT2D eigenvalue weighted by atomic mass is 9.96. The first kappa shape index (κ1) is 21.1. The second kappa shape index (κ2) is 8.42. The Labute approximate surface area is 172 Å². The highest BCUT2D eigenvalue weighted by Crippen LogP contribution is 2.27. The summed E-state index contributed by atoms with van der Waals surface area (Å²) in [6, 6.07) is 6.06. The Morgan fingerprint density at radius 1 is 1.17 bits per heavy atom. The third-order valence-corrected chi connectivity index (χ3v) is 6.55. The molecule has 3 heterocycles. The lowest BCUT2D eigenvalue weighted by molar-refractivity contribution is 0.451. The van der Waals surface area contributed by atoms with Crippen molar-refractivity contribution in [3.05, 3.63) is 53.7 Å². The molecule has 0 fully saturated rings. The molecule has 0 saturated heterocycles. The highest BCUT2D eigenvalue weighted by Gasteiger charge is 2.15. The fourth-order valence-corrected chi connectivity index (χ4v) is 3.44. The van der Waals surface area contributed by atoms with E-state index in [9.17, 15) is 8.42 Å². The van der Waals surface area contributed by atoms with Crippen molar-refractivity contribution < 1.29 is 8.42 Å². The van der Waals surface area contributed by atoms with Gasteiger partial charge in [-0.2, -0.15) is 0 Å². The number of pyridine rings is 2. The van der Waals surface area contributed by atoms with Crippen LogP contribution in [-0.2, 0) is 10.0 Å². The molecular formula is C21H27N5O2S. The maximum Gasteiger partial charge on any atom is 0.210 e. The summed E-state index contributed by atoms with van der Waals surface area (Å²) in [4.78, 5) is 16.6. The van der Waals surface area contributed by atoms with E-state index in [4.69, 9.17) is 0 Å². The molecule has 3 aromatic rings. The number of hydrogen-bond donors (Lipinski definition) is 1. The van der Waals surface area contributed by atoms with Crippen LogP contribution in [0, 0.1) is 13.8 Å². The first-order chi connectivity index (χ1) is 13.6. The summed E-state index contributed by atoms with van der Waals surface area (Å²) >= 11 is 0. The number of sulfonamides is 1. The maximum atomic E-state index is 11.6. The molecule has 0 aliphatic heterocycles. The normalized spacial score (nSPS) is 13.0. The zero-order chi connectivity index (χ0) is 21.2. The SMILES string of the molecule is Cc1nc(-c2cc(-c3cncc(C(C)CCN(C)S(C)(=O)=O)c3)ccn2)[nH]c1C. The minimum atomic E-state index is -3.16. The van der Waals surface area contributed by atoms with E-state index in [0.29, 0.717) is 6.54 Å². The van der Waals surface area contributed by atoms with Crippen molar-refractivity contribution in [1.29, 1.82) is 0 Å². The molecule has 8 heteroatoms. The molecule has 0 aliphatic carbocycles. The monoisotopic (exact) mass is 413 g/mol. The second-order valence-corrected chi connectivity index (χ2v) is 9.60. The summed E-state index contributed by atoms with van der Waals surface area (Å²) in [5.41, 5.74) is 5.86. The number of nitrogens with one attached hydrogen (secondary N) is 1. The van der Waals surface area contributed by atoms with Crippen LogP contribution in [0.4, 0.5) is 0 Å². The van der Waals surface area contributed by atoms with Gasteiger partial charge in [0.05, 0.1) is 11.9 Å². The van der Waals surface area contributed by atoms with Crippen LogP contribution in [0.25, 0.3) is 22.6 Å². The van der Waals surface area contributed by atoms with Crippen LogP contribution in [0.1, 0.15) is 36.2 Å². The van der Waals surface area contributed by atoms with Crippen LogP contribution in [0.3, 0.4) is 0 Å². The van der Waals surface area contributed by atoms with Crippen molar-refractivity contribution in [2.75, 3.05) is 19.8 Å². The van der Waals surface area contributed by atoms with Gasteiger partial charge in [-0.15, -0.1) is 0 Å². The van der Waals surface area contributed by atoms with Crippen LogP contribution in [0.5, 0.6) is 0 Å². The molecule has 3 rings (SSSR count). The summed E-state index contributed by atoms with van der Waals surface area (Å²) < 4.78 is 24.6. The minimum Gasteiger partial charge on any atom is -0.341 e. The highest BCUT2D eigenvalue weighted by molar-refractivity contribution is 7.88. The average molecular weight is 414 g/mol. The summed E-state index contributed by atoms with van der Waals surface area (Å²) in [6.07, 6.45) is 7.39. The lowest BCUT2D eigenvalue weighted by Crippen LogP contribution is -2.27. The van der Waals surface area contributed by atoms with Gasteiger partial charge in [0.15, 0.2) is 5.82 Å². The van der Waals surface area contributed by atoms with Gasteiger partial charge < -0.3 is 4.98 Å². The van der Waals surface area contributed by atoms with E-state index in [0.717, 1.165) is 46.0 Å². The number of H-pyrrole nitrogens is 1. The zero-order valence-corrected chi connectivity index (χ0v) is 18.3. The molecular weight excluding hydrogens is 386 g/mol. The van der Waals surface area contributed by atoms with Gasteiger partial charge in [-0.3, -0.25) is 9.97 Å². The summed E-state index contributed by atoms with van der Waals surface area (Å²) in [7, 11) is -1.56. The van der Waals surface area contributed by atoms with Gasteiger partial charge in [0, 0.05) is 43.4 Å². The number of aromatic amines is 1. The summed E-state index contributed by atoms with van der Waals surface area (Å²) in [5.74, 6) is 0.937. The van der Waals surface area contributed by atoms with Gasteiger partial charge in [-0.05, 0) is 55.5 Å². The predicted octanol–water partition coefficient (Wildman–Crippen LogP) is 3.54. The first-order valence-corrected chi connectivity index (χ1v) is 11.4. The molecule has 29 heavy (non-hydrogen) atoms. The number of aryl methyl sites for hydroxylation is 2. The Bertz CT molecular complexity index is 1090. The molecule has 0 spiro atoms. The summed E-state index contributed by atoms with van der Waals surface area (Å²) in [6.45, 7) is 6.52. The third kappa shape index (κ3) is 5.07. The smallest absolute Gasteiger partial charge is 0.210 e. The molecule has 1 atom stereocenters. The van der Waals surface area contributed by atoms with Gasteiger partial charge in [0.1, 0.15) is 5.69 Å². The van der Waals surface area contributed by atoms with Crippen molar-refractivity contribution in [3.63, 3.8) is 0 Å². The molecule has 0 saturated carbocycles. The quantitative estimate of drug-likeness (QED) is 0.640. The number of hydrogen-bond acceptors (Lipinski definition) is 5. The minimum absolute atomic E-state index is 0.184. The Balaban J connectivity index is 1.81. The molecule has 1 N–H and O–H groups in total. The highest BCUT2D eigenvalue weighted by atomic mass is 32.2. The van der Waals surface area contributed by atoms with Crippen LogP contribution in [0.15, 0.2) is 36.8 Å². The Morgan fingerprint density at radius 2 is 1.93 bits per heavy atom. The number of imidazole rings is 1. The van der Waals surface area contributed by atoms with E-state index in [1.807, 2.05) is 38.4 Å². The third-order valence-electron chi connectivity index (χ3n) is 5.24. The van der Waals surface area contributed by atoms with E-state index in [1.165, 1.54) is 10.6 Å². The van der Waals surface area contributed by atoms with Crippen LogP contribution >= 0.6 is 0 Å². The Hall–Kier alpha value is -2.58. The molecule has 0 aromatic carbocycles. The van der Waals surface area contributed by atoms with Crippen molar-refractivity contribution in [2.24, 2.45) is 0 Å². The molecule has 0 aliphatic rings. The van der Waals surface area contributed by atoms with Crippen LogP contribution in [-0.4, -0.2) is 52.5 Å². The molecule has 0 bridgehead atoms. The molecule has 154 valence electrons. The number of nitrogens with zero attached hydrogens (tertiary/aromatic N) is 4.